The lowest BCUT2D eigenvalue weighted by molar-refractivity contribution is -0.384. The number of rotatable bonds is 8. The van der Waals surface area contributed by atoms with Gasteiger partial charge >= 0.3 is 6.09 Å². The molecule has 1 aromatic rings. The van der Waals surface area contributed by atoms with Crippen LogP contribution in [-0.2, 0) is 9.53 Å². The van der Waals surface area contributed by atoms with Crippen molar-refractivity contribution < 1.29 is 24.4 Å². The average Bonchev–Trinajstić information content (AvgIpc) is 2.57. The zero-order valence-corrected chi connectivity index (χ0v) is 14.7. The number of carbonyl (C=O) groups is 2. The third kappa shape index (κ3) is 6.73. The Bertz CT molecular complexity index is 611. The largest absolute Gasteiger partial charge is 0.447 e. The first kappa shape index (κ1) is 20.9. The Hall–Kier alpha value is -2.10. The molecular weight excluding hydrogens is 377 g/mol. The number of benzene rings is 1. The summed E-state index contributed by atoms with van der Waals surface area (Å²) in [6.07, 6.45) is -2.04. The van der Waals surface area contributed by atoms with Gasteiger partial charge in [0, 0.05) is 18.7 Å². The number of carbonyl (C=O) groups excluding carboxylic acids is 2. The Morgan fingerprint density at radius 1 is 1.32 bits per heavy atom. The number of aliphatic hydroxyl groups is 1. The first-order valence-electron chi connectivity index (χ1n) is 7.17. The van der Waals surface area contributed by atoms with E-state index in [1.165, 1.54) is 24.3 Å². The molecule has 0 spiro atoms. The minimum Gasteiger partial charge on any atom is -0.447 e. The average molecular weight is 394 g/mol. The van der Waals surface area contributed by atoms with Gasteiger partial charge in [0.2, 0.25) is 0 Å². The van der Waals surface area contributed by atoms with Crippen LogP contribution in [0.3, 0.4) is 0 Å². The number of aliphatic hydroxyl groups excluding tert-OH is 1. The van der Waals surface area contributed by atoms with Crippen molar-refractivity contribution in [2.45, 2.75) is 23.9 Å². The van der Waals surface area contributed by atoms with Crippen LogP contribution in [0.15, 0.2) is 24.3 Å². The van der Waals surface area contributed by atoms with Gasteiger partial charge in [-0.05, 0) is 24.6 Å². The third-order valence-electron chi connectivity index (χ3n) is 3.07. The normalized spacial score (nSPS) is 13.0. The number of nitrogens with zero attached hydrogens (tertiary/aromatic N) is 1. The Kier molecular flexibility index (Phi) is 8.39. The van der Waals surface area contributed by atoms with Gasteiger partial charge in [0.25, 0.3) is 11.6 Å². The molecule has 0 fully saturated rings. The smallest absolute Gasteiger partial charge is 0.407 e. The Labute approximate surface area is 153 Å². The topological polar surface area (TPSA) is 131 Å². The fourth-order valence-corrected chi connectivity index (χ4v) is 1.97. The van der Waals surface area contributed by atoms with Gasteiger partial charge < -0.3 is 20.5 Å². The molecule has 11 heteroatoms. The van der Waals surface area contributed by atoms with Gasteiger partial charge in [0.1, 0.15) is 12.7 Å². The van der Waals surface area contributed by atoms with Gasteiger partial charge in [-0.15, -0.1) is 0 Å². The highest BCUT2D eigenvalue weighted by Gasteiger charge is 2.27. The van der Waals surface area contributed by atoms with Crippen LogP contribution < -0.4 is 10.6 Å². The van der Waals surface area contributed by atoms with E-state index in [2.05, 4.69) is 10.6 Å². The van der Waals surface area contributed by atoms with Crippen molar-refractivity contribution >= 4 is 40.9 Å². The molecule has 0 radical (unpaired) electrons. The monoisotopic (exact) mass is 393 g/mol. The Morgan fingerprint density at radius 2 is 1.92 bits per heavy atom. The van der Waals surface area contributed by atoms with Crippen LogP contribution in [0.1, 0.15) is 18.6 Å². The number of alkyl carbamates (subject to hydrolysis) is 1. The lowest BCUT2D eigenvalue weighted by atomic mass is 10.0. The van der Waals surface area contributed by atoms with Crippen molar-refractivity contribution in [3.05, 3.63) is 39.9 Å². The Morgan fingerprint density at radius 3 is 2.40 bits per heavy atom. The van der Waals surface area contributed by atoms with Gasteiger partial charge in [0.15, 0.2) is 4.84 Å². The maximum Gasteiger partial charge on any atom is 0.407 e. The fourth-order valence-electron chi connectivity index (χ4n) is 1.84. The summed E-state index contributed by atoms with van der Waals surface area (Å²) in [4.78, 5) is 31.8. The summed E-state index contributed by atoms with van der Waals surface area (Å²) in [5.74, 6) is -0.784. The van der Waals surface area contributed by atoms with E-state index in [9.17, 15) is 24.8 Å². The number of amides is 2. The van der Waals surface area contributed by atoms with Crippen LogP contribution in [-0.4, -0.2) is 46.1 Å². The molecule has 0 heterocycles. The van der Waals surface area contributed by atoms with Gasteiger partial charge in [-0.2, -0.15) is 0 Å². The Balaban J connectivity index is 2.89. The van der Waals surface area contributed by atoms with E-state index in [1.807, 2.05) is 0 Å². The highest BCUT2D eigenvalue weighted by Crippen LogP contribution is 2.21. The van der Waals surface area contributed by atoms with Crippen molar-refractivity contribution in [1.82, 2.24) is 10.6 Å². The summed E-state index contributed by atoms with van der Waals surface area (Å²) in [5.41, 5.74) is 0.118. The van der Waals surface area contributed by atoms with E-state index >= 15 is 0 Å². The minimum atomic E-state index is -1.38. The molecule has 2 amide bonds. The standard InChI is InChI=1S/C14H17Cl2N3O6/c1-2-17-14(22)25-7-10(18-13(21)12(15)16)11(20)8-3-5-9(6-4-8)19(23)24/h3-6,10-12,20H,2,7H2,1H3,(H,17,22)(H,18,21). The molecule has 25 heavy (non-hydrogen) atoms. The summed E-state index contributed by atoms with van der Waals surface area (Å²) in [5, 5.41) is 25.8. The zero-order valence-electron chi connectivity index (χ0n) is 13.1. The number of nitro groups is 1. The van der Waals surface area contributed by atoms with E-state index in [0.29, 0.717) is 6.54 Å². The number of non-ortho nitro benzene ring substituents is 1. The van der Waals surface area contributed by atoms with Gasteiger partial charge in [-0.25, -0.2) is 4.79 Å². The second kappa shape index (κ2) is 10.0. The van der Waals surface area contributed by atoms with Crippen LogP contribution in [0, 0.1) is 10.1 Å². The number of hydrogen-bond acceptors (Lipinski definition) is 6. The quantitative estimate of drug-likeness (QED) is 0.349. The van der Waals surface area contributed by atoms with Gasteiger partial charge in [0.05, 0.1) is 11.0 Å². The van der Waals surface area contributed by atoms with Crippen molar-refractivity contribution in [2.75, 3.05) is 13.2 Å². The molecule has 0 saturated heterocycles. The highest BCUT2D eigenvalue weighted by atomic mass is 35.5. The summed E-state index contributed by atoms with van der Waals surface area (Å²) < 4.78 is 4.91. The van der Waals surface area contributed by atoms with Crippen LogP contribution in [0.25, 0.3) is 0 Å². The van der Waals surface area contributed by atoms with E-state index in [-0.39, 0.29) is 17.9 Å². The molecule has 2 unspecified atom stereocenters. The molecule has 0 saturated carbocycles. The van der Waals surface area contributed by atoms with E-state index in [1.54, 1.807) is 6.92 Å². The molecule has 0 aliphatic rings. The number of halogens is 2. The molecule has 0 aromatic heterocycles. The first-order valence-corrected chi connectivity index (χ1v) is 8.05. The van der Waals surface area contributed by atoms with Crippen LogP contribution in [0.5, 0.6) is 0 Å². The predicted molar refractivity (Wildman–Crippen MR) is 90.5 cm³/mol. The second-order valence-corrected chi connectivity index (χ2v) is 5.93. The van der Waals surface area contributed by atoms with Crippen LogP contribution in [0.2, 0.25) is 0 Å². The zero-order chi connectivity index (χ0) is 19.0. The molecule has 1 aromatic carbocycles. The summed E-state index contributed by atoms with van der Waals surface area (Å²) in [6.45, 7) is 1.67. The maximum absolute atomic E-state index is 11.7. The lowest BCUT2D eigenvalue weighted by Gasteiger charge is -2.24. The molecule has 0 aliphatic carbocycles. The number of ether oxygens (including phenoxy) is 1. The second-order valence-electron chi connectivity index (χ2n) is 4.84. The van der Waals surface area contributed by atoms with Gasteiger partial charge in [-0.3, -0.25) is 14.9 Å². The summed E-state index contributed by atoms with van der Waals surface area (Å²) in [6, 6.07) is 4.00. The molecular formula is C14H17Cl2N3O6. The minimum absolute atomic E-state index is 0.156. The molecule has 3 N–H and O–H groups in total. The molecule has 1 rings (SSSR count). The first-order chi connectivity index (χ1) is 11.8. The molecule has 2 atom stereocenters. The molecule has 138 valence electrons. The van der Waals surface area contributed by atoms with E-state index in [4.69, 9.17) is 27.9 Å². The number of nitrogens with one attached hydrogen (secondary N) is 2. The van der Waals surface area contributed by atoms with Crippen molar-refractivity contribution in [2.24, 2.45) is 0 Å². The highest BCUT2D eigenvalue weighted by molar-refractivity contribution is 6.53. The third-order valence-corrected chi connectivity index (χ3v) is 3.46. The molecule has 0 aliphatic heterocycles. The van der Waals surface area contributed by atoms with E-state index in [0.717, 1.165) is 0 Å². The summed E-state index contributed by atoms with van der Waals surface area (Å²) >= 11 is 10.9. The van der Waals surface area contributed by atoms with Crippen molar-refractivity contribution in [3.8, 4) is 0 Å². The van der Waals surface area contributed by atoms with Gasteiger partial charge in [-0.1, -0.05) is 23.2 Å². The van der Waals surface area contributed by atoms with Crippen LogP contribution >= 0.6 is 23.2 Å². The number of hydrogen-bond donors (Lipinski definition) is 3. The number of nitro benzene ring substituents is 1. The fraction of sp³-hybridized carbons (Fsp3) is 0.429. The van der Waals surface area contributed by atoms with Crippen molar-refractivity contribution in [1.29, 1.82) is 0 Å². The summed E-state index contributed by atoms with van der Waals surface area (Å²) in [7, 11) is 0. The lowest BCUT2D eigenvalue weighted by Crippen LogP contribution is -2.45. The molecule has 0 bridgehead atoms. The number of alkyl halides is 2. The van der Waals surface area contributed by atoms with Crippen molar-refractivity contribution in [3.63, 3.8) is 0 Å². The van der Waals surface area contributed by atoms with E-state index < -0.39 is 33.9 Å². The maximum atomic E-state index is 11.7. The predicted octanol–water partition coefficient (Wildman–Crippen LogP) is 1.66. The molecule has 9 nitrogen and oxygen atoms in total. The SMILES string of the molecule is CCNC(=O)OCC(NC(=O)C(Cl)Cl)C(O)c1ccc([N+](=O)[O-])cc1. The van der Waals surface area contributed by atoms with Crippen LogP contribution in [0.4, 0.5) is 10.5 Å².